The van der Waals surface area contributed by atoms with Gasteiger partial charge in [-0.05, 0) is 12.3 Å². The molecule has 3 heteroatoms. The maximum atomic E-state index is 11.1. The minimum Gasteiger partial charge on any atom is -0.459 e. The summed E-state index contributed by atoms with van der Waals surface area (Å²) < 4.78 is 10.5. The lowest BCUT2D eigenvalue weighted by Crippen LogP contribution is -2.47. The Labute approximate surface area is 64.7 Å². The van der Waals surface area contributed by atoms with Crippen molar-refractivity contribution >= 4 is 5.97 Å². The summed E-state index contributed by atoms with van der Waals surface area (Å²) in [6.07, 6.45) is 1.10. The van der Waals surface area contributed by atoms with Gasteiger partial charge < -0.3 is 9.47 Å². The van der Waals surface area contributed by atoms with Gasteiger partial charge in [-0.15, -0.1) is 0 Å². The van der Waals surface area contributed by atoms with Crippen molar-refractivity contribution in [1.82, 2.24) is 0 Å². The Morgan fingerprint density at radius 3 is 3.09 bits per heavy atom. The monoisotopic (exact) mass is 154 g/mol. The maximum Gasteiger partial charge on any atom is 0.309 e. The molecular weight excluding hydrogens is 144 g/mol. The van der Waals surface area contributed by atoms with Crippen molar-refractivity contribution in [1.29, 1.82) is 0 Å². The second-order valence-corrected chi connectivity index (χ2v) is 3.69. The highest BCUT2D eigenvalue weighted by atomic mass is 16.6. The fourth-order valence-corrected chi connectivity index (χ4v) is 2.56. The topological polar surface area (TPSA) is 35.5 Å². The summed E-state index contributed by atoms with van der Waals surface area (Å²) in [7, 11) is 0. The Morgan fingerprint density at radius 1 is 1.36 bits per heavy atom. The van der Waals surface area contributed by atoms with Crippen molar-refractivity contribution in [3.63, 3.8) is 0 Å². The van der Waals surface area contributed by atoms with Gasteiger partial charge in [0.1, 0.15) is 6.10 Å². The van der Waals surface area contributed by atoms with E-state index in [2.05, 4.69) is 0 Å². The lowest BCUT2D eigenvalue weighted by molar-refractivity contribution is -0.145. The van der Waals surface area contributed by atoms with Crippen LogP contribution in [0.15, 0.2) is 0 Å². The largest absolute Gasteiger partial charge is 0.459 e. The zero-order valence-electron chi connectivity index (χ0n) is 6.16. The molecule has 11 heavy (non-hydrogen) atoms. The van der Waals surface area contributed by atoms with E-state index >= 15 is 0 Å². The summed E-state index contributed by atoms with van der Waals surface area (Å²) in [4.78, 5) is 11.1. The molecule has 4 atom stereocenters. The van der Waals surface area contributed by atoms with Gasteiger partial charge in [-0.1, -0.05) is 0 Å². The van der Waals surface area contributed by atoms with Crippen molar-refractivity contribution in [3.05, 3.63) is 0 Å². The van der Waals surface area contributed by atoms with Crippen LogP contribution in [-0.2, 0) is 14.3 Å². The van der Waals surface area contributed by atoms with Gasteiger partial charge in [0.2, 0.25) is 0 Å². The Balaban J connectivity index is 1.91. The van der Waals surface area contributed by atoms with E-state index in [0.29, 0.717) is 18.4 Å². The van der Waals surface area contributed by atoms with Crippen LogP contribution in [0.2, 0.25) is 0 Å². The van der Waals surface area contributed by atoms with E-state index in [-0.39, 0.29) is 18.0 Å². The molecule has 1 saturated carbocycles. The number of esters is 1. The van der Waals surface area contributed by atoms with Crippen molar-refractivity contribution in [2.75, 3.05) is 13.2 Å². The fourth-order valence-electron chi connectivity index (χ4n) is 2.56. The van der Waals surface area contributed by atoms with Crippen LogP contribution < -0.4 is 0 Å². The number of hydrogen-bond donors (Lipinski definition) is 0. The van der Waals surface area contributed by atoms with Crippen LogP contribution in [0.4, 0.5) is 0 Å². The van der Waals surface area contributed by atoms with E-state index in [1.807, 2.05) is 0 Å². The zero-order valence-corrected chi connectivity index (χ0v) is 6.16. The molecular formula is C8H10O3. The molecule has 1 aliphatic carbocycles. The first-order valence-corrected chi connectivity index (χ1v) is 4.14. The smallest absolute Gasteiger partial charge is 0.309 e. The lowest BCUT2D eigenvalue weighted by atomic mass is 9.63. The third kappa shape index (κ3) is 0.601. The molecule has 0 radical (unpaired) electrons. The van der Waals surface area contributed by atoms with Gasteiger partial charge >= 0.3 is 5.97 Å². The molecule has 3 nitrogen and oxygen atoms in total. The second-order valence-electron chi connectivity index (χ2n) is 3.69. The first-order valence-electron chi connectivity index (χ1n) is 4.14. The van der Waals surface area contributed by atoms with Crippen LogP contribution in [-0.4, -0.2) is 25.3 Å². The van der Waals surface area contributed by atoms with E-state index in [1.165, 1.54) is 0 Å². The molecule has 2 heterocycles. The molecule has 2 aliphatic heterocycles. The minimum atomic E-state index is 0.0155. The van der Waals surface area contributed by atoms with Crippen molar-refractivity contribution in [3.8, 4) is 0 Å². The normalized spacial score (nSPS) is 52.9. The third-order valence-corrected chi connectivity index (χ3v) is 3.18. The van der Waals surface area contributed by atoms with Crippen LogP contribution in [0.3, 0.4) is 0 Å². The average Bonchev–Trinajstić information content (AvgIpc) is 2.19. The Bertz CT molecular complexity index is 213. The Kier molecular flexibility index (Phi) is 0.969. The lowest BCUT2D eigenvalue weighted by Gasteiger charge is -2.42. The van der Waals surface area contributed by atoms with E-state index in [0.717, 1.165) is 13.0 Å². The number of carbonyl (C=O) groups excluding carboxylic acids is 1. The first kappa shape index (κ1) is 6.00. The third-order valence-electron chi connectivity index (χ3n) is 3.18. The van der Waals surface area contributed by atoms with E-state index < -0.39 is 0 Å². The van der Waals surface area contributed by atoms with Crippen LogP contribution in [0, 0.1) is 17.8 Å². The van der Waals surface area contributed by atoms with Crippen molar-refractivity contribution in [2.24, 2.45) is 17.8 Å². The molecule has 0 amide bonds. The highest BCUT2D eigenvalue weighted by molar-refractivity contribution is 5.76. The molecule has 0 aromatic heterocycles. The molecule has 0 N–H and O–H groups in total. The number of rotatable bonds is 0. The molecule has 2 saturated heterocycles. The van der Waals surface area contributed by atoms with Gasteiger partial charge in [-0.25, -0.2) is 0 Å². The zero-order chi connectivity index (χ0) is 7.42. The van der Waals surface area contributed by atoms with Crippen LogP contribution in [0.25, 0.3) is 0 Å². The highest BCUT2D eigenvalue weighted by Crippen LogP contribution is 2.50. The average molecular weight is 154 g/mol. The first-order chi connectivity index (χ1) is 5.36. The summed E-state index contributed by atoms with van der Waals surface area (Å²) in [5, 5.41) is 0. The molecule has 0 aromatic carbocycles. The standard InChI is InChI=1S/C8H10O3/c9-8-5-1-4-2-10-3-6(11-8)7(4)5/h4-7H,1-3H2. The second kappa shape index (κ2) is 1.78. The van der Waals surface area contributed by atoms with E-state index in [1.54, 1.807) is 0 Å². The van der Waals surface area contributed by atoms with Crippen molar-refractivity contribution < 1.29 is 14.3 Å². The fraction of sp³-hybridized carbons (Fsp3) is 0.875. The number of carbonyl (C=O) groups is 1. The van der Waals surface area contributed by atoms with Gasteiger partial charge in [0.15, 0.2) is 0 Å². The minimum absolute atomic E-state index is 0.0155. The summed E-state index contributed by atoms with van der Waals surface area (Å²) >= 11 is 0. The van der Waals surface area contributed by atoms with Gasteiger partial charge in [0.25, 0.3) is 0 Å². The number of hydrogen-bond acceptors (Lipinski definition) is 3. The van der Waals surface area contributed by atoms with Gasteiger partial charge in [0.05, 0.1) is 19.1 Å². The summed E-state index contributed by atoms with van der Waals surface area (Å²) in [6.45, 7) is 1.47. The molecule has 3 fully saturated rings. The molecule has 60 valence electrons. The summed E-state index contributed by atoms with van der Waals surface area (Å²) in [6, 6.07) is 0. The Morgan fingerprint density at radius 2 is 2.27 bits per heavy atom. The predicted octanol–water partition coefficient (Wildman–Crippen LogP) is 0.194. The number of ether oxygens (including phenoxy) is 2. The highest BCUT2D eigenvalue weighted by Gasteiger charge is 2.58. The molecule has 3 aliphatic rings. The Hall–Kier alpha value is -0.570. The van der Waals surface area contributed by atoms with Gasteiger partial charge in [0, 0.05) is 5.92 Å². The van der Waals surface area contributed by atoms with Gasteiger partial charge in [-0.3, -0.25) is 4.79 Å². The van der Waals surface area contributed by atoms with E-state index in [9.17, 15) is 4.79 Å². The van der Waals surface area contributed by atoms with Crippen LogP contribution >= 0.6 is 0 Å². The summed E-state index contributed by atoms with van der Waals surface area (Å²) in [5.74, 6) is 1.37. The van der Waals surface area contributed by atoms with Crippen molar-refractivity contribution in [2.45, 2.75) is 12.5 Å². The molecule has 3 rings (SSSR count). The molecule has 0 spiro atoms. The molecule has 4 unspecified atom stereocenters. The maximum absolute atomic E-state index is 11.1. The van der Waals surface area contributed by atoms with Crippen LogP contribution in [0.1, 0.15) is 6.42 Å². The summed E-state index contributed by atoms with van der Waals surface area (Å²) in [5.41, 5.74) is 0. The predicted molar refractivity (Wildman–Crippen MR) is 35.8 cm³/mol. The molecule has 0 bridgehead atoms. The quantitative estimate of drug-likeness (QED) is 0.467. The SMILES string of the molecule is O=C1OC2COCC3CC1C32. The van der Waals surface area contributed by atoms with E-state index in [4.69, 9.17) is 9.47 Å². The van der Waals surface area contributed by atoms with Crippen LogP contribution in [0.5, 0.6) is 0 Å². The molecule has 0 aromatic rings. The van der Waals surface area contributed by atoms with Gasteiger partial charge in [-0.2, -0.15) is 0 Å².